The van der Waals surface area contributed by atoms with E-state index in [1.807, 2.05) is 0 Å². The summed E-state index contributed by atoms with van der Waals surface area (Å²) in [5, 5.41) is -0.0994. The maximum absolute atomic E-state index is 13.2. The van der Waals surface area contributed by atoms with Crippen LogP contribution in [0.25, 0.3) is 0 Å². The highest BCUT2D eigenvalue weighted by atomic mass is 35.5. The summed E-state index contributed by atoms with van der Waals surface area (Å²) in [7, 11) is 0. The topological polar surface area (TPSA) is 29.1 Å². The molecule has 0 bridgehead atoms. The minimum atomic E-state index is -5.75. The molecule has 0 spiro atoms. The molecule has 2 rings (SSSR count). The van der Waals surface area contributed by atoms with E-state index in [2.05, 4.69) is 5.32 Å². The van der Waals surface area contributed by atoms with Crippen molar-refractivity contribution in [3.63, 3.8) is 0 Å². The monoisotopic (exact) mass is 313 g/mol. The van der Waals surface area contributed by atoms with E-state index >= 15 is 0 Å². The lowest BCUT2D eigenvalue weighted by atomic mass is 9.95. The number of benzene rings is 1. The van der Waals surface area contributed by atoms with Crippen LogP contribution >= 0.6 is 11.6 Å². The average Bonchev–Trinajstić information content (AvgIpc) is 2.36. The molecular formula is C12H9ClF5NO. The molecule has 8 heteroatoms. The van der Waals surface area contributed by atoms with E-state index in [9.17, 15) is 26.7 Å². The van der Waals surface area contributed by atoms with E-state index in [1.165, 1.54) is 6.07 Å². The normalized spacial score (nSPS) is 17.4. The molecule has 0 fully saturated rings. The van der Waals surface area contributed by atoms with Gasteiger partial charge in [-0.1, -0.05) is 12.1 Å². The van der Waals surface area contributed by atoms with E-state index < -0.39 is 28.9 Å². The molecule has 1 heterocycles. The number of amides is 1. The predicted molar refractivity (Wildman–Crippen MR) is 62.1 cm³/mol. The summed E-state index contributed by atoms with van der Waals surface area (Å²) in [6.07, 6.45) is -5.26. The van der Waals surface area contributed by atoms with Crippen molar-refractivity contribution in [1.82, 2.24) is 5.32 Å². The van der Waals surface area contributed by atoms with Gasteiger partial charge in [-0.25, -0.2) is 0 Å². The summed E-state index contributed by atoms with van der Waals surface area (Å²) in [5.41, 5.74) is 0.235. The van der Waals surface area contributed by atoms with Crippen LogP contribution < -0.4 is 5.32 Å². The molecule has 1 aliphatic rings. The van der Waals surface area contributed by atoms with Crippen molar-refractivity contribution in [2.45, 2.75) is 23.9 Å². The number of carbonyl (C=O) groups excluding carboxylic acids is 1. The number of nitrogens with one attached hydrogen (secondary N) is 1. The first-order chi connectivity index (χ1) is 9.14. The molecule has 1 aromatic rings. The maximum Gasteiger partial charge on any atom is 0.455 e. The van der Waals surface area contributed by atoms with Crippen molar-refractivity contribution in [2.75, 3.05) is 6.54 Å². The second-order valence-electron chi connectivity index (χ2n) is 4.41. The van der Waals surface area contributed by atoms with Crippen LogP contribution in [0.1, 0.15) is 26.9 Å². The van der Waals surface area contributed by atoms with Gasteiger partial charge in [0.2, 0.25) is 0 Å². The molecule has 1 aliphatic heterocycles. The molecule has 0 radical (unpaired) electrons. The Morgan fingerprint density at radius 1 is 1.20 bits per heavy atom. The molecular weight excluding hydrogens is 305 g/mol. The lowest BCUT2D eigenvalue weighted by molar-refractivity contribution is -0.283. The van der Waals surface area contributed by atoms with Gasteiger partial charge in [-0.05, 0) is 23.6 Å². The summed E-state index contributed by atoms with van der Waals surface area (Å²) < 4.78 is 63.2. The first-order valence-corrected chi connectivity index (χ1v) is 6.08. The first-order valence-electron chi connectivity index (χ1n) is 5.64. The Bertz CT molecular complexity index is 543. The Morgan fingerprint density at radius 3 is 2.45 bits per heavy atom. The fourth-order valence-electron chi connectivity index (χ4n) is 1.94. The van der Waals surface area contributed by atoms with Crippen LogP contribution in [0.15, 0.2) is 18.2 Å². The molecule has 0 aromatic heterocycles. The van der Waals surface area contributed by atoms with Gasteiger partial charge >= 0.3 is 12.1 Å². The molecule has 110 valence electrons. The molecule has 20 heavy (non-hydrogen) atoms. The van der Waals surface area contributed by atoms with Gasteiger partial charge in [0.1, 0.15) is 5.38 Å². The van der Waals surface area contributed by atoms with E-state index in [4.69, 9.17) is 11.6 Å². The molecule has 2 nitrogen and oxygen atoms in total. The van der Waals surface area contributed by atoms with Crippen molar-refractivity contribution in [3.8, 4) is 0 Å². The van der Waals surface area contributed by atoms with Gasteiger partial charge < -0.3 is 5.32 Å². The van der Waals surface area contributed by atoms with Gasteiger partial charge in [0, 0.05) is 12.1 Å². The lowest BCUT2D eigenvalue weighted by Gasteiger charge is -2.25. The third kappa shape index (κ3) is 2.46. The second kappa shape index (κ2) is 4.87. The fraction of sp³-hybridized carbons (Fsp3) is 0.417. The number of alkyl halides is 6. The number of carbonyl (C=O) groups is 1. The first kappa shape index (κ1) is 15.0. The minimum absolute atomic E-state index is 0.0809. The van der Waals surface area contributed by atoms with Crippen molar-refractivity contribution in [1.29, 1.82) is 0 Å². The summed E-state index contributed by atoms with van der Waals surface area (Å²) >= 11 is 5.27. The smallest absolute Gasteiger partial charge is 0.352 e. The van der Waals surface area contributed by atoms with Gasteiger partial charge in [-0.3, -0.25) is 4.79 Å². The predicted octanol–water partition coefficient (Wildman–Crippen LogP) is 3.45. The maximum atomic E-state index is 13.2. The molecule has 1 atom stereocenters. The molecule has 0 aliphatic carbocycles. The Kier molecular flexibility index (Phi) is 3.66. The number of hydrogen-bond acceptors (Lipinski definition) is 1. The van der Waals surface area contributed by atoms with E-state index in [-0.39, 0.29) is 5.56 Å². The van der Waals surface area contributed by atoms with Gasteiger partial charge in [0.15, 0.2) is 0 Å². The Morgan fingerprint density at radius 2 is 1.85 bits per heavy atom. The SMILES string of the molecule is O=C1NCCc2ccc(C(Cl)C(F)(F)C(F)(F)F)cc21. The van der Waals surface area contributed by atoms with Gasteiger partial charge in [0.25, 0.3) is 5.91 Å². The van der Waals surface area contributed by atoms with E-state index in [0.717, 1.165) is 12.1 Å². The van der Waals surface area contributed by atoms with Crippen LogP contribution in [0, 0.1) is 0 Å². The average molecular weight is 314 g/mol. The Labute approximate surface area is 115 Å². The number of hydrogen-bond donors (Lipinski definition) is 1. The molecule has 0 saturated heterocycles. The van der Waals surface area contributed by atoms with Crippen LogP contribution in [0.2, 0.25) is 0 Å². The van der Waals surface area contributed by atoms with Crippen molar-refractivity contribution in [2.24, 2.45) is 0 Å². The molecule has 1 N–H and O–H groups in total. The highest BCUT2D eigenvalue weighted by Gasteiger charge is 2.62. The second-order valence-corrected chi connectivity index (χ2v) is 4.84. The zero-order valence-electron chi connectivity index (χ0n) is 9.90. The fourth-order valence-corrected chi connectivity index (χ4v) is 2.20. The van der Waals surface area contributed by atoms with Gasteiger partial charge in [-0.15, -0.1) is 11.6 Å². The number of fused-ring (bicyclic) bond motifs is 1. The Balaban J connectivity index is 2.39. The summed E-state index contributed by atoms with van der Waals surface area (Å²) in [4.78, 5) is 11.5. The third-order valence-corrected chi connectivity index (χ3v) is 3.57. The van der Waals surface area contributed by atoms with Gasteiger partial charge in [0.05, 0.1) is 0 Å². The summed E-state index contributed by atoms with van der Waals surface area (Å²) in [6, 6.07) is 3.43. The lowest BCUT2D eigenvalue weighted by Crippen LogP contribution is -2.40. The van der Waals surface area contributed by atoms with E-state index in [0.29, 0.717) is 18.5 Å². The molecule has 1 unspecified atom stereocenters. The van der Waals surface area contributed by atoms with Crippen molar-refractivity contribution in [3.05, 3.63) is 34.9 Å². The van der Waals surface area contributed by atoms with Crippen molar-refractivity contribution < 1.29 is 26.7 Å². The minimum Gasteiger partial charge on any atom is -0.352 e. The highest BCUT2D eigenvalue weighted by molar-refractivity contribution is 6.21. The standard InChI is InChI=1S/C12H9ClF5NO/c13-9(11(14,15)12(16,17)18)7-2-1-6-3-4-19-10(20)8(6)5-7/h1-2,5,9H,3-4H2,(H,19,20). The van der Waals surface area contributed by atoms with Gasteiger partial charge in [-0.2, -0.15) is 22.0 Å². The molecule has 1 aromatic carbocycles. The van der Waals surface area contributed by atoms with Crippen molar-refractivity contribution >= 4 is 17.5 Å². The third-order valence-electron chi connectivity index (χ3n) is 3.05. The zero-order valence-corrected chi connectivity index (χ0v) is 10.7. The largest absolute Gasteiger partial charge is 0.455 e. The molecule has 1 amide bonds. The Hall–Kier alpha value is -1.37. The van der Waals surface area contributed by atoms with Crippen LogP contribution in [0.3, 0.4) is 0 Å². The highest BCUT2D eigenvalue weighted by Crippen LogP contribution is 2.48. The van der Waals surface area contributed by atoms with E-state index in [1.54, 1.807) is 0 Å². The summed E-state index contributed by atoms with van der Waals surface area (Å²) in [5.74, 6) is -5.58. The summed E-state index contributed by atoms with van der Waals surface area (Å²) in [6.45, 7) is 0.397. The van der Waals surface area contributed by atoms with Crippen LogP contribution in [-0.2, 0) is 6.42 Å². The van der Waals surface area contributed by atoms with Crippen LogP contribution in [0.4, 0.5) is 22.0 Å². The van der Waals surface area contributed by atoms with Crippen LogP contribution in [0.5, 0.6) is 0 Å². The number of halogens is 6. The molecule has 0 saturated carbocycles. The van der Waals surface area contributed by atoms with Crippen LogP contribution in [-0.4, -0.2) is 24.6 Å². The zero-order chi connectivity index (χ0) is 15.1. The quantitative estimate of drug-likeness (QED) is 0.657. The number of rotatable bonds is 2.